The van der Waals surface area contributed by atoms with Gasteiger partial charge in [-0.15, -0.1) is 0 Å². The Morgan fingerprint density at radius 1 is 1.13 bits per heavy atom. The normalized spacial score (nSPS) is 9.33. The van der Waals surface area contributed by atoms with Crippen molar-refractivity contribution in [2.75, 3.05) is 6.54 Å². The third-order valence-corrected chi connectivity index (χ3v) is 2.26. The maximum absolute atomic E-state index is 8.22. The molecule has 15 heavy (non-hydrogen) atoms. The molecule has 0 aliphatic carbocycles. The first-order valence-corrected chi connectivity index (χ1v) is 5.78. The molecule has 0 aromatic heterocycles. The fraction of sp³-hybridized carbons (Fsp3) is 0.818. The molecule has 0 atom stereocenters. The summed E-state index contributed by atoms with van der Waals surface area (Å²) in [6.45, 7) is 3.00. The number of nitrogens with one attached hydrogen (secondary N) is 3. The molecule has 0 radical (unpaired) electrons. The van der Waals surface area contributed by atoms with Crippen molar-refractivity contribution >= 4 is 5.96 Å². The average Bonchev–Trinajstić information content (AvgIpc) is 2.22. The Bertz CT molecular complexity index is 195. The van der Waals surface area contributed by atoms with Gasteiger partial charge in [0.2, 0.25) is 5.96 Å². The lowest BCUT2D eigenvalue weighted by Gasteiger charge is -2.05. The third kappa shape index (κ3) is 10.7. The van der Waals surface area contributed by atoms with Gasteiger partial charge in [0.1, 0.15) is 0 Å². The Hall–Kier alpha value is -1.24. The first-order chi connectivity index (χ1) is 7.31. The third-order valence-electron chi connectivity index (χ3n) is 2.26. The average molecular weight is 210 g/mol. The predicted molar refractivity (Wildman–Crippen MR) is 62.5 cm³/mol. The van der Waals surface area contributed by atoms with Crippen LogP contribution in [-0.4, -0.2) is 12.5 Å². The van der Waals surface area contributed by atoms with Crippen LogP contribution in [0.1, 0.15) is 51.9 Å². The fourth-order valence-corrected chi connectivity index (χ4v) is 1.40. The van der Waals surface area contributed by atoms with Crippen LogP contribution in [0, 0.1) is 16.9 Å². The van der Waals surface area contributed by atoms with E-state index in [9.17, 15) is 0 Å². The quantitative estimate of drug-likeness (QED) is 0.189. The van der Waals surface area contributed by atoms with Crippen molar-refractivity contribution < 1.29 is 0 Å². The second kappa shape index (κ2) is 10.8. The maximum atomic E-state index is 8.22. The minimum absolute atomic E-state index is 0.100. The van der Waals surface area contributed by atoms with E-state index in [2.05, 4.69) is 17.6 Å². The van der Waals surface area contributed by atoms with Gasteiger partial charge in [0.25, 0.3) is 0 Å². The van der Waals surface area contributed by atoms with Crippen molar-refractivity contribution in [2.24, 2.45) is 0 Å². The Morgan fingerprint density at radius 2 is 1.73 bits per heavy atom. The maximum Gasteiger partial charge on any atom is 0.201 e. The molecule has 0 fully saturated rings. The molecule has 86 valence electrons. The lowest BCUT2D eigenvalue weighted by molar-refractivity contribution is 0.584. The molecule has 0 aliphatic heterocycles. The first kappa shape index (κ1) is 13.8. The Morgan fingerprint density at radius 3 is 2.33 bits per heavy atom. The van der Waals surface area contributed by atoms with Crippen LogP contribution in [0.2, 0.25) is 0 Å². The van der Waals surface area contributed by atoms with Crippen LogP contribution < -0.4 is 10.6 Å². The van der Waals surface area contributed by atoms with Crippen molar-refractivity contribution in [1.82, 2.24) is 10.6 Å². The second-order valence-corrected chi connectivity index (χ2v) is 3.66. The van der Waals surface area contributed by atoms with Crippen LogP contribution in [0.25, 0.3) is 0 Å². The fourth-order valence-electron chi connectivity index (χ4n) is 1.40. The largest absolute Gasteiger partial charge is 0.356 e. The van der Waals surface area contributed by atoms with Gasteiger partial charge in [0, 0.05) is 6.54 Å². The minimum Gasteiger partial charge on any atom is -0.356 e. The Labute approximate surface area is 92.6 Å². The number of rotatable bonds is 8. The number of unbranched alkanes of at least 4 members (excludes halogenated alkanes) is 6. The first-order valence-electron chi connectivity index (χ1n) is 5.78. The molecular formula is C11H22N4. The smallest absolute Gasteiger partial charge is 0.201 e. The van der Waals surface area contributed by atoms with Crippen molar-refractivity contribution in [1.29, 1.82) is 10.7 Å². The molecule has 3 N–H and O–H groups in total. The zero-order chi connectivity index (χ0) is 11.4. The van der Waals surface area contributed by atoms with E-state index < -0.39 is 0 Å². The van der Waals surface area contributed by atoms with Gasteiger partial charge in [-0.05, 0) is 6.42 Å². The molecule has 0 heterocycles. The molecule has 0 rings (SSSR count). The summed E-state index contributed by atoms with van der Waals surface area (Å²) in [6.07, 6.45) is 10.6. The molecule has 0 bridgehead atoms. The number of hydrogen-bond donors (Lipinski definition) is 3. The van der Waals surface area contributed by atoms with Crippen LogP contribution in [0.4, 0.5) is 0 Å². The number of hydrogen-bond acceptors (Lipinski definition) is 2. The molecule has 0 amide bonds. The summed E-state index contributed by atoms with van der Waals surface area (Å²) < 4.78 is 0. The summed E-state index contributed by atoms with van der Waals surface area (Å²) >= 11 is 0. The lowest BCUT2D eigenvalue weighted by atomic mass is 10.1. The summed E-state index contributed by atoms with van der Waals surface area (Å²) in [4.78, 5) is 0. The summed E-state index contributed by atoms with van der Waals surface area (Å²) in [5.41, 5.74) is 0. The summed E-state index contributed by atoms with van der Waals surface area (Å²) in [5, 5.41) is 20.5. The van der Waals surface area contributed by atoms with Crippen LogP contribution in [0.5, 0.6) is 0 Å². The summed E-state index contributed by atoms with van der Waals surface area (Å²) in [7, 11) is 0. The molecule has 0 spiro atoms. The van der Waals surface area contributed by atoms with E-state index in [-0.39, 0.29) is 5.96 Å². The number of guanidine groups is 1. The van der Waals surface area contributed by atoms with E-state index in [1.165, 1.54) is 38.5 Å². The zero-order valence-corrected chi connectivity index (χ0v) is 9.60. The Balaban J connectivity index is 3.05. The van der Waals surface area contributed by atoms with Gasteiger partial charge in [-0.1, -0.05) is 45.4 Å². The van der Waals surface area contributed by atoms with Crippen LogP contribution in [0.15, 0.2) is 0 Å². The highest BCUT2D eigenvalue weighted by Gasteiger charge is 1.93. The van der Waals surface area contributed by atoms with Crippen molar-refractivity contribution in [3.05, 3.63) is 0 Å². The summed E-state index contributed by atoms with van der Waals surface area (Å²) in [6, 6.07) is 0. The standard InChI is InChI=1S/C11H22N4/c1-2-3-4-5-6-7-8-9-14-11(13)15-10-12/h2-9H2,1H3,(H3,13,14,15). The van der Waals surface area contributed by atoms with Gasteiger partial charge in [-0.3, -0.25) is 10.7 Å². The van der Waals surface area contributed by atoms with E-state index in [0.717, 1.165) is 13.0 Å². The van der Waals surface area contributed by atoms with Crippen molar-refractivity contribution in [3.63, 3.8) is 0 Å². The second-order valence-electron chi connectivity index (χ2n) is 3.66. The van der Waals surface area contributed by atoms with Crippen LogP contribution in [-0.2, 0) is 0 Å². The monoisotopic (exact) mass is 210 g/mol. The van der Waals surface area contributed by atoms with Crippen molar-refractivity contribution in [2.45, 2.75) is 51.9 Å². The SMILES string of the molecule is CCCCCCCCCNC(=N)NC#N. The number of nitriles is 1. The lowest BCUT2D eigenvalue weighted by Crippen LogP contribution is -2.33. The van der Waals surface area contributed by atoms with Crippen LogP contribution >= 0.6 is 0 Å². The highest BCUT2D eigenvalue weighted by atomic mass is 15.1. The van der Waals surface area contributed by atoms with E-state index >= 15 is 0 Å². The van der Waals surface area contributed by atoms with E-state index in [4.69, 9.17) is 10.7 Å². The molecule has 0 saturated carbocycles. The zero-order valence-electron chi connectivity index (χ0n) is 9.60. The van der Waals surface area contributed by atoms with Gasteiger partial charge < -0.3 is 5.32 Å². The van der Waals surface area contributed by atoms with Gasteiger partial charge in [0.15, 0.2) is 6.19 Å². The molecule has 0 aromatic rings. The van der Waals surface area contributed by atoms with E-state index in [0.29, 0.717) is 0 Å². The highest BCUT2D eigenvalue weighted by Crippen LogP contribution is 2.05. The van der Waals surface area contributed by atoms with Gasteiger partial charge in [0.05, 0.1) is 0 Å². The topological polar surface area (TPSA) is 71.7 Å². The van der Waals surface area contributed by atoms with Crippen LogP contribution in [0.3, 0.4) is 0 Å². The highest BCUT2D eigenvalue weighted by molar-refractivity contribution is 5.77. The molecule has 4 nitrogen and oxygen atoms in total. The van der Waals surface area contributed by atoms with Gasteiger partial charge in [-0.2, -0.15) is 5.26 Å². The molecular weight excluding hydrogens is 188 g/mol. The van der Waals surface area contributed by atoms with E-state index in [1.54, 1.807) is 6.19 Å². The minimum atomic E-state index is 0.100. The summed E-state index contributed by atoms with van der Waals surface area (Å²) in [5.74, 6) is 0.100. The van der Waals surface area contributed by atoms with E-state index in [1.807, 2.05) is 0 Å². The molecule has 0 unspecified atom stereocenters. The van der Waals surface area contributed by atoms with Gasteiger partial charge in [-0.25, -0.2) is 0 Å². The predicted octanol–water partition coefficient (Wildman–Crippen LogP) is 2.33. The van der Waals surface area contributed by atoms with Crippen molar-refractivity contribution in [3.8, 4) is 6.19 Å². The molecule has 0 saturated heterocycles. The Kier molecular flexibility index (Phi) is 9.94. The van der Waals surface area contributed by atoms with Gasteiger partial charge >= 0.3 is 0 Å². The molecule has 4 heteroatoms. The molecule has 0 aliphatic rings. The number of nitrogens with zero attached hydrogens (tertiary/aromatic N) is 1. The molecule has 0 aromatic carbocycles.